The quantitative estimate of drug-likeness (QED) is 0.838. The first-order chi connectivity index (χ1) is 11.6. The normalized spacial score (nSPS) is 17.8. The zero-order chi connectivity index (χ0) is 16.9. The summed E-state index contributed by atoms with van der Waals surface area (Å²) in [6, 6.07) is 17.0. The van der Waals surface area contributed by atoms with E-state index < -0.39 is 0 Å². The summed E-state index contributed by atoms with van der Waals surface area (Å²) in [7, 11) is 1.80. The van der Waals surface area contributed by atoms with Gasteiger partial charge >= 0.3 is 0 Å². The molecule has 0 aliphatic carbocycles. The number of hydrogen-bond donors (Lipinski definition) is 0. The zero-order valence-electron chi connectivity index (χ0n) is 14.0. The highest BCUT2D eigenvalue weighted by Crippen LogP contribution is 2.31. The second-order valence-corrected chi connectivity index (χ2v) is 6.42. The minimum Gasteiger partial charge on any atom is -0.340 e. The van der Waals surface area contributed by atoms with Crippen LogP contribution in [0.15, 0.2) is 54.6 Å². The van der Waals surface area contributed by atoms with E-state index in [9.17, 15) is 9.18 Å². The van der Waals surface area contributed by atoms with E-state index in [1.165, 1.54) is 17.7 Å². The zero-order valence-corrected chi connectivity index (χ0v) is 14.0. The molecule has 1 fully saturated rings. The van der Waals surface area contributed by atoms with Gasteiger partial charge in [-0.05, 0) is 42.6 Å². The van der Waals surface area contributed by atoms with Crippen LogP contribution in [0.4, 0.5) is 4.39 Å². The summed E-state index contributed by atoms with van der Waals surface area (Å²) in [5.74, 6) is -0.155. The van der Waals surface area contributed by atoms with Crippen LogP contribution in [0.2, 0.25) is 0 Å². The Morgan fingerprint density at radius 3 is 2.58 bits per heavy atom. The first-order valence-electron chi connectivity index (χ1n) is 8.41. The molecule has 1 aliphatic rings. The van der Waals surface area contributed by atoms with Gasteiger partial charge in [-0.25, -0.2) is 4.39 Å². The number of hydrogen-bond acceptors (Lipinski definition) is 2. The highest BCUT2D eigenvalue weighted by atomic mass is 19.1. The van der Waals surface area contributed by atoms with Crippen LogP contribution >= 0.6 is 0 Å². The molecule has 0 bridgehead atoms. The molecule has 24 heavy (non-hydrogen) atoms. The van der Waals surface area contributed by atoms with E-state index >= 15 is 0 Å². The van der Waals surface area contributed by atoms with E-state index in [1.807, 2.05) is 18.2 Å². The Labute approximate surface area is 142 Å². The van der Waals surface area contributed by atoms with Crippen molar-refractivity contribution in [2.75, 3.05) is 20.1 Å². The molecular weight excluding hydrogens is 303 g/mol. The van der Waals surface area contributed by atoms with Crippen LogP contribution < -0.4 is 0 Å². The van der Waals surface area contributed by atoms with Gasteiger partial charge in [-0.15, -0.1) is 0 Å². The van der Waals surface area contributed by atoms with Crippen LogP contribution in [0, 0.1) is 5.82 Å². The average Bonchev–Trinajstić information content (AvgIpc) is 3.05. The van der Waals surface area contributed by atoms with E-state index in [4.69, 9.17) is 0 Å². The molecule has 4 heteroatoms. The number of likely N-dealkylation sites (tertiary alicyclic amines) is 1. The predicted molar refractivity (Wildman–Crippen MR) is 92.9 cm³/mol. The summed E-state index contributed by atoms with van der Waals surface area (Å²) >= 11 is 0. The summed E-state index contributed by atoms with van der Waals surface area (Å²) < 4.78 is 13.0. The average molecular weight is 326 g/mol. The Kier molecular flexibility index (Phi) is 5.26. The summed E-state index contributed by atoms with van der Waals surface area (Å²) in [5.41, 5.74) is 2.22. The van der Waals surface area contributed by atoms with E-state index in [-0.39, 0.29) is 11.7 Å². The minimum atomic E-state index is -0.254. The fourth-order valence-corrected chi connectivity index (χ4v) is 3.31. The number of carbonyl (C=O) groups excluding carboxylic acids is 1. The van der Waals surface area contributed by atoms with E-state index in [0.717, 1.165) is 24.9 Å². The molecule has 1 aliphatic heterocycles. The lowest BCUT2D eigenvalue weighted by molar-refractivity contribution is -0.131. The molecule has 126 valence electrons. The van der Waals surface area contributed by atoms with E-state index in [1.54, 1.807) is 24.1 Å². The maximum atomic E-state index is 13.0. The Hall–Kier alpha value is -2.20. The largest absolute Gasteiger partial charge is 0.340 e. The Balaban J connectivity index is 1.60. The number of carbonyl (C=O) groups is 1. The molecule has 1 amide bonds. The van der Waals surface area contributed by atoms with Gasteiger partial charge in [-0.3, -0.25) is 9.69 Å². The smallest absolute Gasteiger partial charge is 0.236 e. The van der Waals surface area contributed by atoms with Crippen LogP contribution in [0.5, 0.6) is 0 Å². The summed E-state index contributed by atoms with van der Waals surface area (Å²) in [5, 5.41) is 0. The Morgan fingerprint density at radius 1 is 1.17 bits per heavy atom. The number of nitrogens with zero attached hydrogens (tertiary/aromatic N) is 2. The first kappa shape index (κ1) is 16.7. The molecule has 0 saturated carbocycles. The molecule has 0 N–H and O–H groups in total. The van der Waals surface area contributed by atoms with Crippen LogP contribution in [0.3, 0.4) is 0 Å². The molecular formula is C20H23FN2O. The molecule has 1 heterocycles. The number of halogens is 1. The van der Waals surface area contributed by atoms with Gasteiger partial charge in [0.25, 0.3) is 0 Å². The molecule has 3 nitrogen and oxygen atoms in total. The highest BCUT2D eigenvalue weighted by molar-refractivity contribution is 5.78. The molecule has 2 aromatic carbocycles. The standard InChI is InChI=1S/C20H23FN2O/c1-22(14-16-9-11-18(21)12-10-16)20(24)15-23-13-5-8-19(23)17-6-3-2-4-7-17/h2-4,6-7,9-12,19H,5,8,13-15H2,1H3. The fraction of sp³-hybridized carbons (Fsp3) is 0.350. The van der Waals surface area contributed by atoms with Gasteiger partial charge in [0, 0.05) is 19.6 Å². The number of benzene rings is 2. The van der Waals surface area contributed by atoms with E-state index in [2.05, 4.69) is 17.0 Å². The third kappa shape index (κ3) is 4.01. The van der Waals surface area contributed by atoms with Crippen molar-refractivity contribution in [2.45, 2.75) is 25.4 Å². The third-order valence-corrected chi connectivity index (χ3v) is 4.65. The first-order valence-corrected chi connectivity index (χ1v) is 8.41. The van der Waals surface area contributed by atoms with Crippen LogP contribution in [-0.4, -0.2) is 35.8 Å². The number of rotatable bonds is 5. The minimum absolute atomic E-state index is 0.0992. The van der Waals surface area contributed by atoms with Crippen molar-refractivity contribution in [3.05, 3.63) is 71.5 Å². The van der Waals surface area contributed by atoms with Crippen molar-refractivity contribution in [2.24, 2.45) is 0 Å². The second-order valence-electron chi connectivity index (χ2n) is 6.42. The van der Waals surface area contributed by atoms with Gasteiger partial charge in [-0.1, -0.05) is 42.5 Å². The molecule has 1 saturated heterocycles. The van der Waals surface area contributed by atoms with Gasteiger partial charge in [-0.2, -0.15) is 0 Å². The molecule has 2 aromatic rings. The monoisotopic (exact) mass is 326 g/mol. The lowest BCUT2D eigenvalue weighted by Gasteiger charge is -2.27. The van der Waals surface area contributed by atoms with Crippen LogP contribution in [0.25, 0.3) is 0 Å². The van der Waals surface area contributed by atoms with Gasteiger partial charge in [0.1, 0.15) is 5.82 Å². The molecule has 3 rings (SSSR count). The van der Waals surface area contributed by atoms with Crippen molar-refractivity contribution in [3.8, 4) is 0 Å². The molecule has 0 aromatic heterocycles. The van der Waals surface area contributed by atoms with Gasteiger partial charge < -0.3 is 4.90 Å². The number of likely N-dealkylation sites (N-methyl/N-ethyl adjacent to an activating group) is 1. The van der Waals surface area contributed by atoms with Gasteiger partial charge in [0.05, 0.1) is 6.54 Å². The van der Waals surface area contributed by atoms with Crippen LogP contribution in [-0.2, 0) is 11.3 Å². The topological polar surface area (TPSA) is 23.6 Å². The summed E-state index contributed by atoms with van der Waals surface area (Å²) in [6.07, 6.45) is 2.22. The van der Waals surface area contributed by atoms with Crippen molar-refractivity contribution < 1.29 is 9.18 Å². The molecule has 1 atom stereocenters. The van der Waals surface area contributed by atoms with Gasteiger partial charge in [0.15, 0.2) is 0 Å². The maximum Gasteiger partial charge on any atom is 0.236 e. The van der Waals surface area contributed by atoms with Crippen molar-refractivity contribution in [3.63, 3.8) is 0 Å². The Bertz CT molecular complexity index is 672. The SMILES string of the molecule is CN(Cc1ccc(F)cc1)C(=O)CN1CCCC1c1ccccc1. The highest BCUT2D eigenvalue weighted by Gasteiger charge is 2.28. The Morgan fingerprint density at radius 2 is 1.88 bits per heavy atom. The molecule has 0 radical (unpaired) electrons. The predicted octanol–water partition coefficient (Wildman–Crippen LogP) is 3.62. The van der Waals surface area contributed by atoms with Crippen LogP contribution in [0.1, 0.15) is 30.0 Å². The van der Waals surface area contributed by atoms with Gasteiger partial charge in [0.2, 0.25) is 5.91 Å². The third-order valence-electron chi connectivity index (χ3n) is 4.65. The van der Waals surface area contributed by atoms with Crippen molar-refractivity contribution >= 4 is 5.91 Å². The molecule has 1 unspecified atom stereocenters. The van der Waals surface area contributed by atoms with Crippen molar-refractivity contribution in [1.82, 2.24) is 9.80 Å². The summed E-state index contributed by atoms with van der Waals surface area (Å²) in [4.78, 5) is 16.5. The number of amides is 1. The lowest BCUT2D eigenvalue weighted by Crippen LogP contribution is -2.37. The molecule has 0 spiro atoms. The van der Waals surface area contributed by atoms with E-state index in [0.29, 0.717) is 19.1 Å². The second kappa shape index (κ2) is 7.58. The fourth-order valence-electron chi connectivity index (χ4n) is 3.31. The van der Waals surface area contributed by atoms with Crippen molar-refractivity contribution in [1.29, 1.82) is 0 Å². The maximum absolute atomic E-state index is 13.0. The lowest BCUT2D eigenvalue weighted by atomic mass is 10.0. The summed E-state index contributed by atoms with van der Waals surface area (Å²) in [6.45, 7) is 1.88.